The van der Waals surface area contributed by atoms with Crippen molar-refractivity contribution in [1.82, 2.24) is 0 Å². The van der Waals surface area contributed by atoms with Gasteiger partial charge in [-0.15, -0.1) is 0 Å². The van der Waals surface area contributed by atoms with Gasteiger partial charge in [0.15, 0.2) is 0 Å². The summed E-state index contributed by atoms with van der Waals surface area (Å²) in [6, 6.07) is 2.51. The Morgan fingerprint density at radius 2 is 1.60 bits per heavy atom. The maximum Gasteiger partial charge on any atom is 0.417 e. The molecule has 0 bridgehead atoms. The Hall–Kier alpha value is -1.51. The fourth-order valence-corrected chi connectivity index (χ4v) is 1.48. The summed E-state index contributed by atoms with van der Waals surface area (Å²) in [6.45, 7) is 8.66. The van der Waals surface area contributed by atoms with Crippen molar-refractivity contribution in [2.24, 2.45) is 0 Å². The van der Waals surface area contributed by atoms with E-state index in [0.717, 1.165) is 11.6 Å². The summed E-state index contributed by atoms with van der Waals surface area (Å²) in [7, 11) is 0. The molecular weight excluding hydrogens is 201 g/mol. The first-order valence-electron chi connectivity index (χ1n) is 4.37. The van der Waals surface area contributed by atoms with Crippen LogP contribution in [-0.4, -0.2) is 0 Å². The first kappa shape index (κ1) is 11.6. The summed E-state index contributed by atoms with van der Waals surface area (Å²) < 4.78 is 37.8. The van der Waals surface area contributed by atoms with E-state index in [-0.39, 0.29) is 5.56 Å². The smallest absolute Gasteiger partial charge is 0.166 e. The lowest BCUT2D eigenvalue weighted by Crippen LogP contribution is -2.08. The van der Waals surface area contributed by atoms with E-state index in [9.17, 15) is 13.2 Å². The van der Waals surface area contributed by atoms with Gasteiger partial charge in [-0.1, -0.05) is 31.4 Å². The number of hydrogen-bond donors (Lipinski definition) is 0. The largest absolute Gasteiger partial charge is 0.417 e. The minimum Gasteiger partial charge on any atom is -0.166 e. The average molecular weight is 212 g/mol. The zero-order valence-electron chi connectivity index (χ0n) is 8.36. The molecule has 0 aliphatic rings. The molecule has 0 atom stereocenters. The minimum absolute atomic E-state index is 0.0949. The van der Waals surface area contributed by atoms with Crippen molar-refractivity contribution in [2.75, 3.05) is 0 Å². The highest BCUT2D eigenvalue weighted by molar-refractivity contribution is 5.69. The van der Waals surface area contributed by atoms with Crippen LogP contribution in [0.4, 0.5) is 13.2 Å². The third kappa shape index (κ3) is 2.12. The highest BCUT2D eigenvalue weighted by atomic mass is 19.4. The van der Waals surface area contributed by atoms with Crippen LogP contribution in [0.3, 0.4) is 0 Å². The van der Waals surface area contributed by atoms with Crippen molar-refractivity contribution >= 4 is 12.2 Å². The van der Waals surface area contributed by atoms with E-state index in [1.807, 2.05) is 0 Å². The van der Waals surface area contributed by atoms with Crippen molar-refractivity contribution in [2.45, 2.75) is 13.1 Å². The van der Waals surface area contributed by atoms with Crippen molar-refractivity contribution in [3.05, 3.63) is 47.5 Å². The summed E-state index contributed by atoms with van der Waals surface area (Å²) in [6.07, 6.45) is -1.72. The summed E-state index contributed by atoms with van der Waals surface area (Å²) in [4.78, 5) is 0. The molecule has 0 spiro atoms. The number of benzene rings is 1. The SMILES string of the molecule is C=Cc1c(C)ccc(C(F)(F)F)c1C=C. The number of alkyl halides is 3. The topological polar surface area (TPSA) is 0 Å². The predicted octanol–water partition coefficient (Wildman–Crippen LogP) is 4.30. The van der Waals surface area contributed by atoms with Crippen LogP contribution in [-0.2, 0) is 6.18 Å². The van der Waals surface area contributed by atoms with E-state index in [0.29, 0.717) is 5.56 Å². The molecular formula is C12H11F3. The van der Waals surface area contributed by atoms with Gasteiger partial charge in [0.05, 0.1) is 5.56 Å². The molecule has 3 heteroatoms. The second-order valence-corrected chi connectivity index (χ2v) is 3.16. The fourth-order valence-electron chi connectivity index (χ4n) is 1.48. The fraction of sp³-hybridized carbons (Fsp3) is 0.167. The molecule has 0 saturated carbocycles. The lowest BCUT2D eigenvalue weighted by Gasteiger charge is -2.14. The maximum atomic E-state index is 12.6. The highest BCUT2D eigenvalue weighted by Crippen LogP contribution is 2.35. The second-order valence-electron chi connectivity index (χ2n) is 3.16. The zero-order chi connectivity index (χ0) is 11.6. The lowest BCUT2D eigenvalue weighted by molar-refractivity contribution is -0.137. The average Bonchev–Trinajstić information content (AvgIpc) is 2.15. The summed E-state index contributed by atoms with van der Waals surface area (Å²) in [5.74, 6) is 0. The Kier molecular flexibility index (Phi) is 3.03. The van der Waals surface area contributed by atoms with Gasteiger partial charge in [-0.2, -0.15) is 13.2 Å². The third-order valence-corrected chi connectivity index (χ3v) is 2.22. The van der Waals surface area contributed by atoms with Crippen molar-refractivity contribution in [1.29, 1.82) is 0 Å². The quantitative estimate of drug-likeness (QED) is 0.685. The van der Waals surface area contributed by atoms with Gasteiger partial charge < -0.3 is 0 Å². The van der Waals surface area contributed by atoms with E-state index in [4.69, 9.17) is 0 Å². The van der Waals surface area contributed by atoms with Crippen LogP contribution < -0.4 is 0 Å². The van der Waals surface area contributed by atoms with Crippen LogP contribution in [0.25, 0.3) is 12.2 Å². The molecule has 1 aromatic rings. The molecule has 0 aliphatic carbocycles. The summed E-state index contributed by atoms with van der Waals surface area (Å²) in [5.41, 5.74) is 0.670. The first-order chi connectivity index (χ1) is 6.91. The van der Waals surface area contributed by atoms with Gasteiger partial charge in [0.1, 0.15) is 0 Å². The Bertz CT molecular complexity index is 400. The normalized spacial score (nSPS) is 11.2. The molecule has 0 heterocycles. The molecule has 0 unspecified atom stereocenters. The van der Waals surface area contributed by atoms with Gasteiger partial charge in [-0.05, 0) is 29.7 Å². The molecule has 0 amide bonds. The molecule has 0 fully saturated rings. The van der Waals surface area contributed by atoms with E-state index >= 15 is 0 Å². The minimum atomic E-state index is -4.35. The molecule has 0 saturated heterocycles. The Balaban J connectivity index is 3.56. The van der Waals surface area contributed by atoms with E-state index in [1.54, 1.807) is 6.92 Å². The standard InChI is InChI=1S/C12H11F3/c1-4-9-8(3)6-7-11(10(9)5-2)12(13,14)15/h4-7H,1-2H2,3H3. The molecule has 1 aromatic carbocycles. The van der Waals surface area contributed by atoms with Crippen LogP contribution in [0.1, 0.15) is 22.3 Å². The van der Waals surface area contributed by atoms with Crippen LogP contribution in [0.5, 0.6) is 0 Å². The highest BCUT2D eigenvalue weighted by Gasteiger charge is 2.33. The molecule has 0 aromatic heterocycles. The van der Waals surface area contributed by atoms with Gasteiger partial charge in [0.2, 0.25) is 0 Å². The van der Waals surface area contributed by atoms with E-state index in [1.165, 1.54) is 18.2 Å². The molecule has 80 valence electrons. The van der Waals surface area contributed by atoms with Gasteiger partial charge in [0, 0.05) is 0 Å². The van der Waals surface area contributed by atoms with Crippen molar-refractivity contribution in [3.8, 4) is 0 Å². The van der Waals surface area contributed by atoms with Crippen LogP contribution >= 0.6 is 0 Å². The van der Waals surface area contributed by atoms with E-state index < -0.39 is 11.7 Å². The Morgan fingerprint density at radius 1 is 1.07 bits per heavy atom. The molecule has 0 nitrogen and oxygen atoms in total. The first-order valence-corrected chi connectivity index (χ1v) is 4.37. The van der Waals surface area contributed by atoms with E-state index in [2.05, 4.69) is 13.2 Å². The predicted molar refractivity (Wildman–Crippen MR) is 56.4 cm³/mol. The number of aryl methyl sites for hydroxylation is 1. The van der Waals surface area contributed by atoms with Crippen molar-refractivity contribution in [3.63, 3.8) is 0 Å². The van der Waals surface area contributed by atoms with Gasteiger partial charge in [-0.3, -0.25) is 0 Å². The number of hydrogen-bond acceptors (Lipinski definition) is 0. The third-order valence-electron chi connectivity index (χ3n) is 2.22. The van der Waals surface area contributed by atoms with Gasteiger partial charge in [0.25, 0.3) is 0 Å². The number of rotatable bonds is 2. The second kappa shape index (κ2) is 3.93. The Morgan fingerprint density at radius 3 is 2.00 bits per heavy atom. The molecule has 0 aliphatic heterocycles. The maximum absolute atomic E-state index is 12.6. The molecule has 15 heavy (non-hydrogen) atoms. The number of halogens is 3. The van der Waals surface area contributed by atoms with Crippen LogP contribution in [0.2, 0.25) is 0 Å². The zero-order valence-corrected chi connectivity index (χ0v) is 8.36. The molecule has 0 radical (unpaired) electrons. The van der Waals surface area contributed by atoms with Crippen LogP contribution in [0, 0.1) is 6.92 Å². The monoisotopic (exact) mass is 212 g/mol. The Labute approximate surface area is 86.7 Å². The van der Waals surface area contributed by atoms with Crippen molar-refractivity contribution < 1.29 is 13.2 Å². The van der Waals surface area contributed by atoms with Gasteiger partial charge >= 0.3 is 6.18 Å². The van der Waals surface area contributed by atoms with Crippen LogP contribution in [0.15, 0.2) is 25.3 Å². The summed E-state index contributed by atoms with van der Waals surface area (Å²) >= 11 is 0. The summed E-state index contributed by atoms with van der Waals surface area (Å²) in [5, 5.41) is 0. The molecule has 0 N–H and O–H groups in total. The molecule has 1 rings (SSSR count). The van der Waals surface area contributed by atoms with Gasteiger partial charge in [-0.25, -0.2) is 0 Å². The lowest BCUT2D eigenvalue weighted by atomic mass is 9.96.